The average Bonchev–Trinajstić information content (AvgIpc) is 1.99. The van der Waals surface area contributed by atoms with Crippen molar-refractivity contribution in [3.8, 4) is 0 Å². The average molecular weight is 298 g/mol. The van der Waals surface area contributed by atoms with E-state index in [2.05, 4.69) is 9.97 Å². The molecule has 1 aromatic heterocycles. The second-order valence-electron chi connectivity index (χ2n) is 2.06. The molecule has 64 valence electrons. The third-order valence-corrected chi connectivity index (χ3v) is 2.64. The highest BCUT2D eigenvalue weighted by atomic mass is 127. The van der Waals surface area contributed by atoms with E-state index in [-0.39, 0.29) is 11.0 Å². The van der Waals surface area contributed by atoms with Crippen LogP contribution in [0.15, 0.2) is 0 Å². The standard InChI is InChI=1S/C6H4ClIN2O2/c1-2-3(7)9-5(6(11)12)10-4(2)8/h1H3,(H,11,12). The molecule has 0 fully saturated rings. The summed E-state index contributed by atoms with van der Waals surface area (Å²) in [7, 11) is 0. The lowest BCUT2D eigenvalue weighted by Gasteiger charge is -2.00. The number of carboxylic acids is 1. The Labute approximate surface area is 87.1 Å². The van der Waals surface area contributed by atoms with Crippen molar-refractivity contribution in [2.24, 2.45) is 0 Å². The van der Waals surface area contributed by atoms with Gasteiger partial charge in [-0.25, -0.2) is 14.8 Å². The van der Waals surface area contributed by atoms with Crippen LogP contribution in [-0.4, -0.2) is 21.0 Å². The van der Waals surface area contributed by atoms with Gasteiger partial charge in [0.2, 0.25) is 5.82 Å². The molecule has 1 N–H and O–H groups in total. The van der Waals surface area contributed by atoms with Crippen molar-refractivity contribution >= 4 is 40.2 Å². The number of aromatic nitrogens is 2. The highest BCUT2D eigenvalue weighted by Crippen LogP contribution is 2.16. The lowest BCUT2D eigenvalue weighted by atomic mass is 10.4. The van der Waals surface area contributed by atoms with Crippen molar-refractivity contribution in [3.63, 3.8) is 0 Å². The summed E-state index contributed by atoms with van der Waals surface area (Å²) in [6, 6.07) is 0. The number of nitrogens with zero attached hydrogens (tertiary/aromatic N) is 2. The maximum atomic E-state index is 10.4. The van der Waals surface area contributed by atoms with Gasteiger partial charge in [0.15, 0.2) is 0 Å². The zero-order chi connectivity index (χ0) is 9.30. The minimum Gasteiger partial charge on any atom is -0.475 e. The van der Waals surface area contributed by atoms with E-state index < -0.39 is 5.97 Å². The molecular formula is C6H4ClIN2O2. The summed E-state index contributed by atoms with van der Waals surface area (Å²) in [6.45, 7) is 1.73. The third kappa shape index (κ3) is 1.84. The minimum absolute atomic E-state index is 0.187. The maximum absolute atomic E-state index is 10.4. The second kappa shape index (κ2) is 3.53. The smallest absolute Gasteiger partial charge is 0.374 e. The van der Waals surface area contributed by atoms with Crippen LogP contribution < -0.4 is 0 Å². The summed E-state index contributed by atoms with van der Waals surface area (Å²) in [5, 5.41) is 8.72. The molecule has 0 saturated heterocycles. The molecule has 0 aliphatic rings. The Morgan fingerprint density at radius 2 is 2.17 bits per heavy atom. The first-order chi connectivity index (χ1) is 5.52. The maximum Gasteiger partial charge on any atom is 0.374 e. The molecule has 6 heteroatoms. The predicted molar refractivity (Wildman–Crippen MR) is 51.5 cm³/mol. The minimum atomic E-state index is -1.17. The molecule has 0 radical (unpaired) electrons. The van der Waals surface area contributed by atoms with Crippen molar-refractivity contribution in [3.05, 3.63) is 20.2 Å². The molecule has 0 amide bonds. The molecule has 12 heavy (non-hydrogen) atoms. The van der Waals surface area contributed by atoms with Crippen LogP contribution in [0.3, 0.4) is 0 Å². The van der Waals surface area contributed by atoms with E-state index in [1.165, 1.54) is 0 Å². The van der Waals surface area contributed by atoms with Gasteiger partial charge in [0.1, 0.15) is 8.85 Å². The van der Waals surface area contributed by atoms with E-state index in [1.807, 2.05) is 22.6 Å². The Morgan fingerprint density at radius 1 is 1.58 bits per heavy atom. The van der Waals surface area contributed by atoms with Crippen LogP contribution in [0.5, 0.6) is 0 Å². The number of hydrogen-bond acceptors (Lipinski definition) is 3. The van der Waals surface area contributed by atoms with E-state index in [0.717, 1.165) is 0 Å². The largest absolute Gasteiger partial charge is 0.475 e. The molecule has 1 heterocycles. The monoisotopic (exact) mass is 298 g/mol. The number of carboxylic acid groups (broad SMARTS) is 1. The topological polar surface area (TPSA) is 63.1 Å². The van der Waals surface area contributed by atoms with Crippen molar-refractivity contribution in [1.82, 2.24) is 9.97 Å². The van der Waals surface area contributed by atoms with Gasteiger partial charge in [0.25, 0.3) is 0 Å². The van der Waals surface area contributed by atoms with Gasteiger partial charge in [0, 0.05) is 5.56 Å². The lowest BCUT2D eigenvalue weighted by Crippen LogP contribution is -2.06. The quantitative estimate of drug-likeness (QED) is 0.633. The number of rotatable bonds is 1. The molecule has 0 atom stereocenters. The molecule has 1 rings (SSSR count). The molecule has 0 aliphatic carbocycles. The summed E-state index contributed by atoms with van der Waals surface area (Å²) in [4.78, 5) is 17.7. The molecule has 0 saturated carbocycles. The van der Waals surface area contributed by atoms with Gasteiger partial charge in [-0.2, -0.15) is 0 Å². The zero-order valence-electron chi connectivity index (χ0n) is 6.01. The summed E-state index contributed by atoms with van der Waals surface area (Å²) in [5.74, 6) is -1.44. The van der Waals surface area contributed by atoms with Crippen molar-refractivity contribution in [2.75, 3.05) is 0 Å². The summed E-state index contributed by atoms with van der Waals surface area (Å²) in [5.41, 5.74) is 0.697. The van der Waals surface area contributed by atoms with Gasteiger partial charge < -0.3 is 5.11 Å². The lowest BCUT2D eigenvalue weighted by molar-refractivity contribution is 0.0683. The summed E-state index contributed by atoms with van der Waals surface area (Å²) in [6.07, 6.45) is 0. The van der Waals surface area contributed by atoms with Gasteiger partial charge in [-0.05, 0) is 29.5 Å². The van der Waals surface area contributed by atoms with Crippen LogP contribution in [0.25, 0.3) is 0 Å². The molecule has 0 aromatic carbocycles. The normalized spacial score (nSPS) is 9.92. The molecule has 0 spiro atoms. The fraction of sp³-hybridized carbons (Fsp3) is 0.167. The van der Waals surface area contributed by atoms with Crippen LogP contribution in [-0.2, 0) is 0 Å². The highest BCUT2D eigenvalue weighted by Gasteiger charge is 2.11. The van der Waals surface area contributed by atoms with Gasteiger partial charge in [-0.1, -0.05) is 11.6 Å². The second-order valence-corrected chi connectivity index (χ2v) is 3.44. The Bertz CT molecular complexity index is 319. The first kappa shape index (κ1) is 9.66. The van der Waals surface area contributed by atoms with E-state index >= 15 is 0 Å². The van der Waals surface area contributed by atoms with E-state index in [0.29, 0.717) is 9.26 Å². The Balaban J connectivity index is 3.31. The molecule has 1 aromatic rings. The number of halogens is 2. The number of carbonyl (C=O) groups is 1. The summed E-state index contributed by atoms with van der Waals surface area (Å²) < 4.78 is 0.560. The zero-order valence-corrected chi connectivity index (χ0v) is 8.92. The van der Waals surface area contributed by atoms with E-state index in [1.54, 1.807) is 6.92 Å². The van der Waals surface area contributed by atoms with Crippen molar-refractivity contribution in [1.29, 1.82) is 0 Å². The van der Waals surface area contributed by atoms with Crippen LogP contribution in [0.2, 0.25) is 5.15 Å². The SMILES string of the molecule is Cc1c(Cl)nc(C(=O)O)nc1I. The molecule has 0 unspecified atom stereocenters. The molecule has 0 bridgehead atoms. The van der Waals surface area contributed by atoms with Gasteiger partial charge in [0.05, 0.1) is 0 Å². The highest BCUT2D eigenvalue weighted by molar-refractivity contribution is 14.1. The Morgan fingerprint density at radius 3 is 2.58 bits per heavy atom. The van der Waals surface area contributed by atoms with Gasteiger partial charge >= 0.3 is 5.97 Å². The molecule has 4 nitrogen and oxygen atoms in total. The van der Waals surface area contributed by atoms with Gasteiger partial charge in [-0.15, -0.1) is 0 Å². The molecular weight excluding hydrogens is 294 g/mol. The third-order valence-electron chi connectivity index (χ3n) is 1.22. The van der Waals surface area contributed by atoms with E-state index in [4.69, 9.17) is 16.7 Å². The van der Waals surface area contributed by atoms with Crippen LogP contribution in [0.1, 0.15) is 16.2 Å². The van der Waals surface area contributed by atoms with E-state index in [9.17, 15) is 4.79 Å². The van der Waals surface area contributed by atoms with Crippen LogP contribution >= 0.6 is 34.2 Å². The van der Waals surface area contributed by atoms with Crippen LogP contribution in [0, 0.1) is 10.6 Å². The summed E-state index contributed by atoms with van der Waals surface area (Å²) >= 11 is 7.55. The first-order valence-electron chi connectivity index (χ1n) is 2.95. The first-order valence-corrected chi connectivity index (χ1v) is 4.41. The number of aromatic carboxylic acids is 1. The fourth-order valence-electron chi connectivity index (χ4n) is 0.559. The van der Waals surface area contributed by atoms with Crippen molar-refractivity contribution in [2.45, 2.75) is 6.92 Å². The Hall–Kier alpha value is -0.430. The van der Waals surface area contributed by atoms with Crippen molar-refractivity contribution < 1.29 is 9.90 Å². The fourth-order valence-corrected chi connectivity index (χ4v) is 1.37. The Kier molecular flexibility index (Phi) is 2.84. The number of hydrogen-bond donors (Lipinski definition) is 1. The molecule has 0 aliphatic heterocycles. The predicted octanol–water partition coefficient (Wildman–Crippen LogP) is 1.74. The van der Waals surface area contributed by atoms with Gasteiger partial charge in [-0.3, -0.25) is 0 Å². The van der Waals surface area contributed by atoms with Crippen LogP contribution in [0.4, 0.5) is 0 Å².